The van der Waals surface area contributed by atoms with E-state index in [0.29, 0.717) is 11.5 Å². The van der Waals surface area contributed by atoms with Crippen molar-refractivity contribution in [2.75, 3.05) is 0 Å². The van der Waals surface area contributed by atoms with Crippen LogP contribution in [0.1, 0.15) is 86.5 Å². The third-order valence-corrected chi connectivity index (χ3v) is 4.89. The van der Waals surface area contributed by atoms with Crippen molar-refractivity contribution in [3.63, 3.8) is 0 Å². The lowest BCUT2D eigenvalue weighted by atomic mass is 9.71. The van der Waals surface area contributed by atoms with Crippen molar-refractivity contribution in [2.24, 2.45) is 17.3 Å². The zero-order valence-electron chi connectivity index (χ0n) is 14.3. The highest BCUT2D eigenvalue weighted by molar-refractivity contribution is 4.84. The lowest BCUT2D eigenvalue weighted by Gasteiger charge is -2.38. The first-order valence-corrected chi connectivity index (χ1v) is 8.55. The highest BCUT2D eigenvalue weighted by atomic mass is 14.9. The molecule has 1 aliphatic rings. The number of hydrogen-bond acceptors (Lipinski definition) is 1. The third-order valence-electron chi connectivity index (χ3n) is 4.89. The molecule has 1 saturated carbocycles. The average molecular weight is 268 g/mol. The molecule has 0 bridgehead atoms. The molecule has 0 aromatic rings. The fraction of sp³-hybridized carbons (Fsp3) is 1.00. The number of rotatable bonds is 6. The Morgan fingerprint density at radius 1 is 0.947 bits per heavy atom. The van der Waals surface area contributed by atoms with Crippen molar-refractivity contribution in [3.05, 3.63) is 0 Å². The summed E-state index contributed by atoms with van der Waals surface area (Å²) in [7, 11) is 0. The van der Waals surface area contributed by atoms with E-state index in [-0.39, 0.29) is 0 Å². The Kier molecular flexibility index (Phi) is 6.86. The zero-order chi connectivity index (χ0) is 14.5. The molecule has 0 amide bonds. The van der Waals surface area contributed by atoms with Gasteiger partial charge in [-0.15, -0.1) is 0 Å². The van der Waals surface area contributed by atoms with Gasteiger partial charge < -0.3 is 5.32 Å². The number of hydrogen-bond donors (Lipinski definition) is 1. The van der Waals surface area contributed by atoms with Gasteiger partial charge in [-0.25, -0.2) is 0 Å². The molecule has 1 heteroatoms. The van der Waals surface area contributed by atoms with Gasteiger partial charge in [-0.1, -0.05) is 47.5 Å². The summed E-state index contributed by atoms with van der Waals surface area (Å²) in [6.45, 7) is 14.2. The summed E-state index contributed by atoms with van der Waals surface area (Å²) in [4.78, 5) is 0. The van der Waals surface area contributed by atoms with Crippen LogP contribution in [0.3, 0.4) is 0 Å². The zero-order valence-corrected chi connectivity index (χ0v) is 14.3. The Hall–Kier alpha value is -0.0400. The van der Waals surface area contributed by atoms with Gasteiger partial charge in [0, 0.05) is 12.1 Å². The van der Waals surface area contributed by atoms with Crippen LogP contribution in [0.15, 0.2) is 0 Å². The van der Waals surface area contributed by atoms with Gasteiger partial charge >= 0.3 is 0 Å². The minimum absolute atomic E-state index is 0.508. The second kappa shape index (κ2) is 7.67. The topological polar surface area (TPSA) is 12.0 Å². The molecule has 114 valence electrons. The molecule has 1 rings (SSSR count). The van der Waals surface area contributed by atoms with E-state index in [9.17, 15) is 0 Å². The largest absolute Gasteiger partial charge is 0.312 e. The standard InChI is InChI=1S/C18H37N/c1-14(2)8-7-9-15(3)19-17-12-10-16(11-13-17)18(4,5)6/h14-17,19H,7-13H2,1-6H3. The summed E-state index contributed by atoms with van der Waals surface area (Å²) >= 11 is 0. The van der Waals surface area contributed by atoms with Gasteiger partial charge in [0.1, 0.15) is 0 Å². The second-order valence-corrected chi connectivity index (χ2v) is 8.31. The van der Waals surface area contributed by atoms with Crippen LogP contribution in [0.5, 0.6) is 0 Å². The van der Waals surface area contributed by atoms with Crippen molar-refractivity contribution in [1.82, 2.24) is 5.32 Å². The predicted octanol–water partition coefficient (Wildman–Crippen LogP) is 5.40. The maximum Gasteiger partial charge on any atom is 0.00697 e. The molecule has 0 heterocycles. The summed E-state index contributed by atoms with van der Waals surface area (Å²) in [5.74, 6) is 1.79. The minimum atomic E-state index is 0.508. The first kappa shape index (κ1) is 17.0. The highest BCUT2D eigenvalue weighted by Gasteiger charge is 2.29. The van der Waals surface area contributed by atoms with Crippen LogP contribution >= 0.6 is 0 Å². The Labute approximate surface area is 121 Å². The fourth-order valence-corrected chi connectivity index (χ4v) is 3.44. The Bertz CT molecular complexity index is 231. The van der Waals surface area contributed by atoms with Crippen LogP contribution in [-0.2, 0) is 0 Å². The molecular weight excluding hydrogens is 230 g/mol. The van der Waals surface area contributed by atoms with Crippen LogP contribution in [0, 0.1) is 17.3 Å². The maximum atomic E-state index is 3.86. The van der Waals surface area contributed by atoms with E-state index in [4.69, 9.17) is 0 Å². The molecule has 1 unspecified atom stereocenters. The predicted molar refractivity (Wildman–Crippen MR) is 86.5 cm³/mol. The van der Waals surface area contributed by atoms with Crippen LogP contribution in [0.4, 0.5) is 0 Å². The van der Waals surface area contributed by atoms with E-state index in [2.05, 4.69) is 46.9 Å². The fourth-order valence-electron chi connectivity index (χ4n) is 3.44. The van der Waals surface area contributed by atoms with E-state index in [1.54, 1.807) is 0 Å². The van der Waals surface area contributed by atoms with Gasteiger partial charge in [-0.3, -0.25) is 0 Å². The third kappa shape index (κ3) is 6.79. The SMILES string of the molecule is CC(C)CCCC(C)NC1CCC(C(C)(C)C)CC1. The van der Waals surface area contributed by atoms with Crippen molar-refractivity contribution >= 4 is 0 Å². The lowest BCUT2D eigenvalue weighted by molar-refractivity contribution is 0.156. The molecule has 1 fully saturated rings. The summed E-state index contributed by atoms with van der Waals surface area (Å²) in [6, 6.07) is 1.49. The second-order valence-electron chi connectivity index (χ2n) is 8.31. The maximum absolute atomic E-state index is 3.86. The molecule has 0 aromatic carbocycles. The molecule has 1 N–H and O–H groups in total. The van der Waals surface area contributed by atoms with Gasteiger partial charge in [0.25, 0.3) is 0 Å². The van der Waals surface area contributed by atoms with Gasteiger partial charge in [-0.05, 0) is 56.3 Å². The molecular formula is C18H37N. The summed E-state index contributed by atoms with van der Waals surface area (Å²) in [5, 5.41) is 3.86. The van der Waals surface area contributed by atoms with Crippen molar-refractivity contribution < 1.29 is 0 Å². The van der Waals surface area contributed by atoms with Gasteiger partial charge in [0.15, 0.2) is 0 Å². The summed E-state index contributed by atoms with van der Waals surface area (Å²) < 4.78 is 0. The molecule has 0 saturated heterocycles. The van der Waals surface area contributed by atoms with Crippen LogP contribution < -0.4 is 5.32 Å². The molecule has 19 heavy (non-hydrogen) atoms. The Balaban J connectivity index is 2.18. The lowest BCUT2D eigenvalue weighted by Crippen LogP contribution is -2.40. The van der Waals surface area contributed by atoms with Crippen LogP contribution in [-0.4, -0.2) is 12.1 Å². The summed E-state index contributed by atoms with van der Waals surface area (Å²) in [6.07, 6.45) is 9.70. The molecule has 0 aliphatic heterocycles. The molecule has 0 radical (unpaired) electrons. The average Bonchev–Trinajstić information content (AvgIpc) is 2.27. The van der Waals surface area contributed by atoms with Gasteiger partial charge in [0.2, 0.25) is 0 Å². The van der Waals surface area contributed by atoms with E-state index in [1.165, 1.54) is 44.9 Å². The van der Waals surface area contributed by atoms with E-state index >= 15 is 0 Å². The smallest absolute Gasteiger partial charge is 0.00697 e. The first-order valence-electron chi connectivity index (χ1n) is 8.55. The van der Waals surface area contributed by atoms with Crippen molar-refractivity contribution in [2.45, 2.75) is 98.6 Å². The van der Waals surface area contributed by atoms with Crippen molar-refractivity contribution in [3.8, 4) is 0 Å². The number of nitrogens with one attached hydrogen (secondary N) is 1. The highest BCUT2D eigenvalue weighted by Crippen LogP contribution is 2.37. The van der Waals surface area contributed by atoms with E-state index < -0.39 is 0 Å². The molecule has 1 aliphatic carbocycles. The van der Waals surface area contributed by atoms with Crippen LogP contribution in [0.2, 0.25) is 0 Å². The normalized spacial score (nSPS) is 26.7. The van der Waals surface area contributed by atoms with Gasteiger partial charge in [-0.2, -0.15) is 0 Å². The minimum Gasteiger partial charge on any atom is -0.312 e. The molecule has 0 aromatic heterocycles. The van der Waals surface area contributed by atoms with Crippen molar-refractivity contribution in [1.29, 1.82) is 0 Å². The summed E-state index contributed by atoms with van der Waals surface area (Å²) in [5.41, 5.74) is 0.508. The van der Waals surface area contributed by atoms with Crippen LogP contribution in [0.25, 0.3) is 0 Å². The first-order chi connectivity index (χ1) is 8.79. The monoisotopic (exact) mass is 267 g/mol. The quantitative estimate of drug-likeness (QED) is 0.680. The van der Waals surface area contributed by atoms with E-state index in [0.717, 1.165) is 17.9 Å². The Morgan fingerprint density at radius 2 is 1.53 bits per heavy atom. The molecule has 0 spiro atoms. The van der Waals surface area contributed by atoms with Gasteiger partial charge in [0.05, 0.1) is 0 Å². The molecule has 1 atom stereocenters. The molecule has 1 nitrogen and oxygen atoms in total. The Morgan fingerprint density at radius 3 is 2.00 bits per heavy atom. The van der Waals surface area contributed by atoms with E-state index in [1.807, 2.05) is 0 Å².